The molecule has 1 aliphatic heterocycles. The monoisotopic (exact) mass is 256 g/mol. The van der Waals surface area contributed by atoms with Crippen LogP contribution in [0.15, 0.2) is 21.9 Å². The molecule has 0 spiro atoms. The number of aromatic amines is 1. The van der Waals surface area contributed by atoms with Crippen LogP contribution in [0, 0.1) is 5.92 Å². The topological polar surface area (TPSA) is 105 Å². The number of aromatic nitrogens is 2. The number of aliphatic hydroxyl groups is 2. The maximum atomic E-state index is 11.7. The fourth-order valence-corrected chi connectivity index (χ4v) is 2.23. The largest absolute Gasteiger partial charge is 0.393 e. The molecule has 4 atom stereocenters. The molecular weight excluding hydrogens is 240 g/mol. The molecule has 0 bridgehead atoms. The smallest absolute Gasteiger partial charge is 0.330 e. The van der Waals surface area contributed by atoms with Crippen LogP contribution in [0.25, 0.3) is 0 Å². The highest BCUT2D eigenvalue weighted by Crippen LogP contribution is 2.39. The van der Waals surface area contributed by atoms with Crippen LogP contribution in [0.3, 0.4) is 0 Å². The Kier molecular flexibility index (Phi) is 3.14. The van der Waals surface area contributed by atoms with Crippen molar-refractivity contribution >= 4 is 0 Å². The minimum Gasteiger partial charge on any atom is -0.393 e. The van der Waals surface area contributed by atoms with Gasteiger partial charge >= 0.3 is 5.69 Å². The van der Waals surface area contributed by atoms with Crippen LogP contribution in [0.4, 0.5) is 0 Å². The van der Waals surface area contributed by atoms with Crippen molar-refractivity contribution in [2.45, 2.75) is 31.8 Å². The molecule has 7 heteroatoms. The van der Waals surface area contributed by atoms with Gasteiger partial charge in [-0.05, 0) is 6.92 Å². The highest BCUT2D eigenvalue weighted by Gasteiger charge is 2.50. The standard InChI is InChI=1S/C11H16N2O5/c1-6-8(16)11(2,5-14)18-9(6)13-4-3-7(15)12-10(13)17/h3-4,6,8-9,14,16H,5H2,1-2H3,(H,12,15,17)/t6-,8-,9+,11+/m0/s1. The van der Waals surface area contributed by atoms with Crippen LogP contribution in [0.5, 0.6) is 0 Å². The van der Waals surface area contributed by atoms with Gasteiger partial charge < -0.3 is 14.9 Å². The molecule has 1 aliphatic rings. The third kappa shape index (κ3) is 1.90. The Morgan fingerprint density at radius 1 is 1.56 bits per heavy atom. The summed E-state index contributed by atoms with van der Waals surface area (Å²) >= 11 is 0. The Bertz CT molecular complexity index is 551. The fraction of sp³-hybridized carbons (Fsp3) is 0.636. The number of aliphatic hydroxyl groups excluding tert-OH is 2. The van der Waals surface area contributed by atoms with E-state index in [4.69, 9.17) is 4.74 Å². The van der Waals surface area contributed by atoms with Crippen LogP contribution in [0.1, 0.15) is 20.1 Å². The zero-order valence-electron chi connectivity index (χ0n) is 10.2. The average Bonchev–Trinajstić information content (AvgIpc) is 2.55. The summed E-state index contributed by atoms with van der Waals surface area (Å²) < 4.78 is 6.77. The lowest BCUT2D eigenvalue weighted by atomic mass is 9.93. The average molecular weight is 256 g/mol. The first-order valence-corrected chi connectivity index (χ1v) is 5.67. The van der Waals surface area contributed by atoms with Crippen molar-refractivity contribution in [3.8, 4) is 0 Å². The quantitative estimate of drug-likeness (QED) is 0.617. The third-order valence-corrected chi connectivity index (χ3v) is 3.40. The molecule has 2 heterocycles. The first-order chi connectivity index (χ1) is 8.39. The Labute approximate surface area is 103 Å². The van der Waals surface area contributed by atoms with E-state index in [2.05, 4.69) is 4.98 Å². The number of hydrogen-bond donors (Lipinski definition) is 3. The van der Waals surface area contributed by atoms with E-state index in [1.165, 1.54) is 16.8 Å². The van der Waals surface area contributed by atoms with Crippen molar-refractivity contribution in [1.29, 1.82) is 0 Å². The van der Waals surface area contributed by atoms with E-state index < -0.39 is 29.2 Å². The van der Waals surface area contributed by atoms with Crippen LogP contribution in [-0.2, 0) is 4.74 Å². The van der Waals surface area contributed by atoms with Crippen LogP contribution in [-0.4, -0.2) is 38.1 Å². The number of nitrogens with one attached hydrogen (secondary N) is 1. The van der Waals surface area contributed by atoms with E-state index >= 15 is 0 Å². The second-order valence-corrected chi connectivity index (χ2v) is 4.80. The SMILES string of the molecule is C[C@@H]1[C@H](n2ccc(=O)[nH]c2=O)O[C@](C)(CO)[C@H]1O. The molecule has 3 N–H and O–H groups in total. The molecule has 0 aliphatic carbocycles. The van der Waals surface area contributed by atoms with E-state index in [1.54, 1.807) is 13.8 Å². The van der Waals surface area contributed by atoms with Crippen LogP contribution in [0.2, 0.25) is 0 Å². The predicted molar refractivity (Wildman–Crippen MR) is 62.1 cm³/mol. The molecule has 0 radical (unpaired) electrons. The minimum atomic E-state index is -1.11. The molecule has 100 valence electrons. The Hall–Kier alpha value is -1.44. The summed E-state index contributed by atoms with van der Waals surface area (Å²) in [5.41, 5.74) is -2.21. The highest BCUT2D eigenvalue weighted by molar-refractivity contribution is 4.97. The zero-order chi connectivity index (χ0) is 13.5. The van der Waals surface area contributed by atoms with Gasteiger partial charge in [0.25, 0.3) is 5.56 Å². The van der Waals surface area contributed by atoms with Crippen molar-refractivity contribution in [3.63, 3.8) is 0 Å². The van der Waals surface area contributed by atoms with Crippen LogP contribution < -0.4 is 11.2 Å². The maximum Gasteiger partial charge on any atom is 0.330 e. The zero-order valence-corrected chi connectivity index (χ0v) is 10.2. The van der Waals surface area contributed by atoms with E-state index in [-0.39, 0.29) is 12.5 Å². The van der Waals surface area contributed by atoms with Crippen molar-refractivity contribution in [1.82, 2.24) is 9.55 Å². The van der Waals surface area contributed by atoms with Gasteiger partial charge in [0.05, 0.1) is 12.7 Å². The van der Waals surface area contributed by atoms with E-state index in [0.29, 0.717) is 0 Å². The molecule has 1 saturated heterocycles. The molecule has 2 rings (SSSR count). The second kappa shape index (κ2) is 4.34. The summed E-state index contributed by atoms with van der Waals surface area (Å²) in [4.78, 5) is 24.8. The van der Waals surface area contributed by atoms with E-state index in [9.17, 15) is 19.8 Å². The van der Waals surface area contributed by atoms with Gasteiger partial charge in [0, 0.05) is 18.2 Å². The first-order valence-electron chi connectivity index (χ1n) is 5.67. The molecule has 1 aromatic rings. The summed E-state index contributed by atoms with van der Waals surface area (Å²) in [5, 5.41) is 19.3. The Balaban J connectivity index is 2.41. The van der Waals surface area contributed by atoms with Crippen molar-refractivity contribution in [2.24, 2.45) is 5.92 Å². The molecule has 0 aromatic carbocycles. The number of ether oxygens (including phenoxy) is 1. The number of nitrogens with zero attached hydrogens (tertiary/aromatic N) is 1. The van der Waals surface area contributed by atoms with Gasteiger partial charge in [-0.25, -0.2) is 4.79 Å². The summed E-state index contributed by atoms with van der Waals surface area (Å²) in [6.07, 6.45) is -0.300. The van der Waals surface area contributed by atoms with Crippen molar-refractivity contribution in [3.05, 3.63) is 33.1 Å². The maximum absolute atomic E-state index is 11.7. The minimum absolute atomic E-state index is 0.354. The molecule has 0 saturated carbocycles. The fourth-order valence-electron chi connectivity index (χ4n) is 2.23. The van der Waals surface area contributed by atoms with E-state index in [1.807, 2.05) is 0 Å². The number of hydrogen-bond acceptors (Lipinski definition) is 5. The Morgan fingerprint density at radius 3 is 2.72 bits per heavy atom. The second-order valence-electron chi connectivity index (χ2n) is 4.80. The molecule has 18 heavy (non-hydrogen) atoms. The van der Waals surface area contributed by atoms with Gasteiger partial charge in [-0.2, -0.15) is 0 Å². The lowest BCUT2D eigenvalue weighted by Gasteiger charge is -2.25. The van der Waals surface area contributed by atoms with Gasteiger partial charge in [0.1, 0.15) is 11.8 Å². The first kappa shape index (κ1) is 13.0. The summed E-state index contributed by atoms with van der Waals surface area (Å²) in [5.74, 6) is -0.384. The molecule has 0 amide bonds. The van der Waals surface area contributed by atoms with Gasteiger partial charge in [0.15, 0.2) is 0 Å². The molecule has 7 nitrogen and oxygen atoms in total. The number of rotatable bonds is 2. The normalized spacial score (nSPS) is 35.9. The Morgan fingerprint density at radius 2 is 2.22 bits per heavy atom. The van der Waals surface area contributed by atoms with Gasteiger partial charge in [-0.1, -0.05) is 6.92 Å². The predicted octanol–water partition coefficient (Wildman–Crippen LogP) is -1.19. The number of H-pyrrole nitrogens is 1. The molecule has 0 unspecified atom stereocenters. The van der Waals surface area contributed by atoms with Gasteiger partial charge in [-0.15, -0.1) is 0 Å². The summed E-state index contributed by atoms with van der Waals surface area (Å²) in [6, 6.07) is 1.21. The lowest BCUT2D eigenvalue weighted by molar-refractivity contribution is -0.117. The van der Waals surface area contributed by atoms with Crippen molar-refractivity contribution in [2.75, 3.05) is 6.61 Å². The third-order valence-electron chi connectivity index (χ3n) is 3.40. The van der Waals surface area contributed by atoms with Gasteiger partial charge in [-0.3, -0.25) is 14.3 Å². The van der Waals surface area contributed by atoms with Crippen molar-refractivity contribution < 1.29 is 14.9 Å². The summed E-state index contributed by atoms with van der Waals surface area (Å²) in [6.45, 7) is 2.94. The van der Waals surface area contributed by atoms with Crippen LogP contribution >= 0.6 is 0 Å². The van der Waals surface area contributed by atoms with Gasteiger partial charge in [0.2, 0.25) is 0 Å². The summed E-state index contributed by atoms with van der Waals surface area (Å²) in [7, 11) is 0. The molecule has 1 aromatic heterocycles. The highest BCUT2D eigenvalue weighted by atomic mass is 16.6. The van der Waals surface area contributed by atoms with E-state index in [0.717, 1.165) is 0 Å². The molecule has 1 fully saturated rings. The lowest BCUT2D eigenvalue weighted by Crippen LogP contribution is -2.41. The molecular formula is C11H16N2O5.